The van der Waals surface area contributed by atoms with Crippen molar-refractivity contribution < 1.29 is 28.4 Å². The smallest absolute Gasteiger partial charge is 0.323 e. The summed E-state index contributed by atoms with van der Waals surface area (Å²) in [5.74, 6) is -1.26. The van der Waals surface area contributed by atoms with Crippen molar-refractivity contribution in [2.75, 3.05) is 18.6 Å². The maximum absolute atomic E-state index is 13.8. The van der Waals surface area contributed by atoms with Gasteiger partial charge >= 0.3 is 11.9 Å². The van der Waals surface area contributed by atoms with Gasteiger partial charge in [0.2, 0.25) is 7.44 Å². The molecule has 0 amide bonds. The molecule has 0 fully saturated rings. The van der Waals surface area contributed by atoms with Gasteiger partial charge in [-0.25, -0.2) is 20.0 Å². The van der Waals surface area contributed by atoms with Crippen molar-refractivity contribution in [3.8, 4) is 0 Å². The number of carbonyl (C=O) groups excluding carboxylic acids is 2. The standard InChI is InChI=1S/C22H38N7O6P/c1-13(2)34-21(30)15(5)8-27-36(32,28-17(7)22(31)35-14(3)4)12-33-16(6)9-29-11-26-18-19(23)24-10-25-20(18)29/h10-11,13-17H,8-9,12H2,1-7H3,(H2,23,24,25)(H2,27,28,32)/t15-,16+,17+,36?/m0/s1. The molecule has 0 saturated heterocycles. The maximum Gasteiger partial charge on any atom is 0.323 e. The van der Waals surface area contributed by atoms with Gasteiger partial charge in [-0.3, -0.25) is 19.2 Å². The molecule has 0 bridgehead atoms. The van der Waals surface area contributed by atoms with Gasteiger partial charge in [0, 0.05) is 6.54 Å². The first kappa shape index (κ1) is 29.6. The average Bonchev–Trinajstić information content (AvgIpc) is 3.19. The van der Waals surface area contributed by atoms with Crippen molar-refractivity contribution in [2.45, 2.75) is 79.4 Å². The maximum atomic E-state index is 13.8. The molecule has 0 aromatic carbocycles. The number of fused-ring (bicyclic) bond motifs is 1. The van der Waals surface area contributed by atoms with Crippen molar-refractivity contribution in [2.24, 2.45) is 5.92 Å². The molecule has 0 aliphatic rings. The van der Waals surface area contributed by atoms with Crippen molar-refractivity contribution in [1.82, 2.24) is 29.7 Å². The van der Waals surface area contributed by atoms with Crippen LogP contribution in [0.25, 0.3) is 11.2 Å². The van der Waals surface area contributed by atoms with Crippen LogP contribution in [0.4, 0.5) is 5.82 Å². The summed E-state index contributed by atoms with van der Waals surface area (Å²) in [6.07, 6.45) is 1.70. The number of hydrogen-bond donors (Lipinski definition) is 3. The highest BCUT2D eigenvalue weighted by molar-refractivity contribution is 7.59. The number of imidazole rings is 1. The Morgan fingerprint density at radius 3 is 2.31 bits per heavy atom. The number of anilines is 1. The lowest BCUT2D eigenvalue weighted by molar-refractivity contribution is -0.151. The topological polar surface area (TPSA) is 173 Å². The van der Waals surface area contributed by atoms with Gasteiger partial charge in [0.1, 0.15) is 24.2 Å². The third-order valence-electron chi connectivity index (χ3n) is 4.94. The van der Waals surface area contributed by atoms with Crippen molar-refractivity contribution in [3.63, 3.8) is 0 Å². The first-order chi connectivity index (χ1) is 16.8. The summed E-state index contributed by atoms with van der Waals surface area (Å²) in [7, 11) is -3.50. The minimum Gasteiger partial charge on any atom is -0.463 e. The van der Waals surface area contributed by atoms with Crippen LogP contribution in [0.5, 0.6) is 0 Å². The predicted molar refractivity (Wildman–Crippen MR) is 135 cm³/mol. The van der Waals surface area contributed by atoms with E-state index in [1.807, 2.05) is 0 Å². The van der Waals surface area contributed by atoms with Crippen molar-refractivity contribution >= 4 is 36.4 Å². The Labute approximate surface area is 211 Å². The van der Waals surface area contributed by atoms with E-state index in [1.165, 1.54) is 6.33 Å². The lowest BCUT2D eigenvalue weighted by Crippen LogP contribution is -2.40. The summed E-state index contributed by atoms with van der Waals surface area (Å²) >= 11 is 0. The number of ether oxygens (including phenoxy) is 3. The molecule has 1 unspecified atom stereocenters. The van der Waals surface area contributed by atoms with E-state index in [1.54, 1.807) is 59.4 Å². The van der Waals surface area contributed by atoms with E-state index < -0.39 is 37.4 Å². The second-order valence-electron chi connectivity index (χ2n) is 9.26. The zero-order valence-corrected chi connectivity index (χ0v) is 22.8. The number of carbonyl (C=O) groups is 2. The van der Waals surface area contributed by atoms with Crippen molar-refractivity contribution in [3.05, 3.63) is 12.7 Å². The average molecular weight is 528 g/mol. The van der Waals surface area contributed by atoms with Gasteiger partial charge < -0.3 is 24.5 Å². The van der Waals surface area contributed by atoms with Gasteiger partial charge in [-0.05, 0) is 41.5 Å². The molecule has 2 rings (SSSR count). The molecule has 4 N–H and O–H groups in total. The third kappa shape index (κ3) is 8.81. The highest BCUT2D eigenvalue weighted by atomic mass is 31.2. The molecule has 36 heavy (non-hydrogen) atoms. The summed E-state index contributed by atoms with van der Waals surface area (Å²) in [4.78, 5) is 36.9. The summed E-state index contributed by atoms with van der Waals surface area (Å²) in [6, 6.07) is -0.875. The third-order valence-corrected chi connectivity index (χ3v) is 6.95. The molecule has 202 valence electrons. The zero-order valence-electron chi connectivity index (χ0n) is 21.9. The van der Waals surface area contributed by atoms with Crippen LogP contribution in [0.2, 0.25) is 0 Å². The molecular formula is C22H38N7O6P. The SMILES string of the molecule is CC(C)OC(=O)[C@@H](C)CNP(=O)(CO[C@H](C)Cn1cnc2c(N)ncnc21)N[C@H](C)C(=O)OC(C)C. The summed E-state index contributed by atoms with van der Waals surface area (Å²) in [5, 5.41) is 5.72. The van der Waals surface area contributed by atoms with Gasteiger partial charge in [0.15, 0.2) is 11.5 Å². The second-order valence-corrected chi connectivity index (χ2v) is 11.6. The minimum atomic E-state index is -3.50. The molecule has 0 aliphatic carbocycles. The number of esters is 2. The van der Waals surface area contributed by atoms with Crippen LogP contribution >= 0.6 is 7.44 Å². The lowest BCUT2D eigenvalue weighted by Gasteiger charge is -2.27. The molecular weight excluding hydrogens is 489 g/mol. The number of rotatable bonds is 14. The highest BCUT2D eigenvalue weighted by Crippen LogP contribution is 2.37. The largest absolute Gasteiger partial charge is 0.463 e. The van der Waals surface area contributed by atoms with Gasteiger partial charge in [-0.2, -0.15) is 0 Å². The van der Waals surface area contributed by atoms with Gasteiger partial charge in [-0.15, -0.1) is 0 Å². The molecule has 2 heterocycles. The fourth-order valence-corrected chi connectivity index (χ4v) is 5.16. The Hall–Kier alpha value is -2.60. The summed E-state index contributed by atoms with van der Waals surface area (Å²) < 4.78 is 31.9. The van der Waals surface area contributed by atoms with Crippen LogP contribution in [0.3, 0.4) is 0 Å². The fourth-order valence-electron chi connectivity index (χ4n) is 3.14. The molecule has 0 radical (unpaired) electrons. The van der Waals surface area contributed by atoms with E-state index in [-0.39, 0.29) is 30.9 Å². The molecule has 0 aliphatic heterocycles. The normalized spacial score (nSPS) is 16.0. The van der Waals surface area contributed by atoms with Gasteiger partial charge in [0.25, 0.3) is 0 Å². The van der Waals surface area contributed by atoms with Crippen LogP contribution in [0.1, 0.15) is 48.5 Å². The fraction of sp³-hybridized carbons (Fsp3) is 0.682. The van der Waals surface area contributed by atoms with Crippen LogP contribution in [0, 0.1) is 5.92 Å². The molecule has 13 nitrogen and oxygen atoms in total. The molecule has 14 heteroatoms. The zero-order chi connectivity index (χ0) is 27.0. The lowest BCUT2D eigenvalue weighted by atomic mass is 10.2. The van der Waals surface area contributed by atoms with E-state index in [4.69, 9.17) is 19.9 Å². The first-order valence-electron chi connectivity index (χ1n) is 11.9. The van der Waals surface area contributed by atoms with Gasteiger partial charge in [-0.1, -0.05) is 6.92 Å². The van der Waals surface area contributed by atoms with E-state index >= 15 is 0 Å². The van der Waals surface area contributed by atoms with E-state index in [9.17, 15) is 14.2 Å². The Balaban J connectivity index is 2.08. The molecule has 0 spiro atoms. The summed E-state index contributed by atoms with van der Waals surface area (Å²) in [5.41, 5.74) is 6.88. The van der Waals surface area contributed by atoms with Crippen LogP contribution in [-0.2, 0) is 34.9 Å². The highest BCUT2D eigenvalue weighted by Gasteiger charge is 2.31. The van der Waals surface area contributed by atoms with Gasteiger partial charge in [0.05, 0.1) is 37.1 Å². The van der Waals surface area contributed by atoms with Crippen molar-refractivity contribution in [1.29, 1.82) is 0 Å². The number of nitrogens with two attached hydrogens (primary N) is 1. The van der Waals surface area contributed by atoms with E-state index in [0.29, 0.717) is 17.7 Å². The minimum absolute atomic E-state index is 0.0574. The number of aromatic nitrogens is 4. The number of nitrogen functional groups attached to an aromatic ring is 1. The second kappa shape index (κ2) is 13.1. The molecule has 4 atom stereocenters. The molecule has 0 saturated carbocycles. The Bertz CT molecular complexity index is 1080. The Morgan fingerprint density at radius 1 is 1.03 bits per heavy atom. The predicted octanol–water partition coefficient (Wildman–Crippen LogP) is 2.07. The first-order valence-corrected chi connectivity index (χ1v) is 13.8. The number of hydrogen-bond acceptors (Lipinski definition) is 10. The quantitative estimate of drug-likeness (QED) is 0.241. The summed E-state index contributed by atoms with van der Waals surface area (Å²) in [6.45, 7) is 12.4. The molecule has 2 aromatic heterocycles. The Morgan fingerprint density at radius 2 is 1.67 bits per heavy atom. The van der Waals surface area contributed by atoms with Crippen LogP contribution < -0.4 is 15.9 Å². The number of nitrogens with one attached hydrogen (secondary N) is 2. The van der Waals surface area contributed by atoms with E-state index in [2.05, 4.69) is 25.1 Å². The molecule has 2 aromatic rings. The number of nitrogens with zero attached hydrogens (tertiary/aromatic N) is 4. The van der Waals surface area contributed by atoms with Crippen LogP contribution in [-0.4, -0.2) is 68.7 Å². The Kier molecular flexibility index (Phi) is 10.8. The van der Waals surface area contributed by atoms with E-state index in [0.717, 1.165) is 0 Å². The van der Waals surface area contributed by atoms with Crippen LogP contribution in [0.15, 0.2) is 12.7 Å². The monoisotopic (exact) mass is 527 g/mol.